The van der Waals surface area contributed by atoms with Crippen LogP contribution in [0.3, 0.4) is 0 Å². The van der Waals surface area contributed by atoms with Crippen LogP contribution in [-0.4, -0.2) is 31.2 Å². The van der Waals surface area contributed by atoms with Crippen molar-refractivity contribution in [1.29, 1.82) is 0 Å². The van der Waals surface area contributed by atoms with Gasteiger partial charge in [0.1, 0.15) is 0 Å². The second-order valence-corrected chi connectivity index (χ2v) is 4.92. The molecule has 15 heavy (non-hydrogen) atoms. The predicted octanol–water partition coefficient (Wildman–Crippen LogP) is 0.657. The lowest BCUT2D eigenvalue weighted by atomic mass is 9.97. The summed E-state index contributed by atoms with van der Waals surface area (Å²) >= 11 is 0. The average Bonchev–Trinajstić information content (AvgIpc) is 2.18. The van der Waals surface area contributed by atoms with Gasteiger partial charge in [-0.1, -0.05) is 0 Å². The summed E-state index contributed by atoms with van der Waals surface area (Å²) in [6.07, 6.45) is 2.72. The third-order valence-corrected chi connectivity index (χ3v) is 2.72. The minimum Gasteiger partial charge on any atom is -0.381 e. The maximum atomic E-state index is 11.7. The summed E-state index contributed by atoms with van der Waals surface area (Å²) in [6, 6.07) is 0. The Kier molecular flexibility index (Phi) is 4.54. The van der Waals surface area contributed by atoms with E-state index < -0.39 is 0 Å². The Morgan fingerprint density at radius 3 is 2.87 bits per heavy atom. The fourth-order valence-electron chi connectivity index (χ4n) is 1.71. The van der Waals surface area contributed by atoms with Gasteiger partial charge in [-0.25, -0.2) is 0 Å². The van der Waals surface area contributed by atoms with Crippen molar-refractivity contribution in [3.05, 3.63) is 0 Å². The molecule has 0 aromatic rings. The van der Waals surface area contributed by atoms with Crippen molar-refractivity contribution < 1.29 is 9.53 Å². The summed E-state index contributed by atoms with van der Waals surface area (Å²) in [6.45, 7) is 5.88. The van der Waals surface area contributed by atoms with E-state index in [1.54, 1.807) is 0 Å². The molecule has 4 nitrogen and oxygen atoms in total. The van der Waals surface area contributed by atoms with E-state index in [1.807, 2.05) is 13.8 Å². The lowest BCUT2D eigenvalue weighted by Gasteiger charge is -2.27. The average molecular weight is 214 g/mol. The van der Waals surface area contributed by atoms with Crippen LogP contribution in [0.1, 0.15) is 33.1 Å². The highest BCUT2D eigenvalue weighted by Crippen LogP contribution is 2.17. The lowest BCUT2D eigenvalue weighted by Crippen LogP contribution is -2.49. The summed E-state index contributed by atoms with van der Waals surface area (Å²) in [5.74, 6) is 0.466. The molecule has 0 aromatic heterocycles. The van der Waals surface area contributed by atoms with E-state index in [1.165, 1.54) is 0 Å². The van der Waals surface area contributed by atoms with E-state index in [2.05, 4.69) is 5.32 Å². The molecular weight excluding hydrogens is 192 g/mol. The molecule has 1 saturated heterocycles. The Hall–Kier alpha value is -0.610. The van der Waals surface area contributed by atoms with Gasteiger partial charge in [0.2, 0.25) is 5.91 Å². The van der Waals surface area contributed by atoms with Crippen molar-refractivity contribution in [2.75, 3.05) is 19.8 Å². The number of hydrogen-bond acceptors (Lipinski definition) is 3. The maximum absolute atomic E-state index is 11.7. The van der Waals surface area contributed by atoms with Crippen LogP contribution < -0.4 is 11.1 Å². The minimum atomic E-state index is -0.299. The molecule has 0 bridgehead atoms. The molecule has 1 atom stereocenters. The van der Waals surface area contributed by atoms with Gasteiger partial charge in [-0.15, -0.1) is 0 Å². The monoisotopic (exact) mass is 214 g/mol. The maximum Gasteiger partial charge on any atom is 0.220 e. The van der Waals surface area contributed by atoms with E-state index >= 15 is 0 Å². The van der Waals surface area contributed by atoms with Crippen LogP contribution in [0, 0.1) is 5.92 Å². The first-order valence-corrected chi connectivity index (χ1v) is 5.62. The minimum absolute atomic E-state index is 0.0842. The SMILES string of the molecule is CC(C)(CN)NC(=O)CC1CCCOC1. The number of nitrogens with one attached hydrogen (secondary N) is 1. The number of ether oxygens (including phenoxy) is 1. The van der Waals surface area contributed by atoms with Crippen LogP contribution in [0.2, 0.25) is 0 Å². The molecule has 0 aromatic carbocycles. The molecule has 88 valence electrons. The fraction of sp³-hybridized carbons (Fsp3) is 0.909. The van der Waals surface area contributed by atoms with Gasteiger partial charge in [-0.05, 0) is 32.6 Å². The molecule has 0 radical (unpaired) electrons. The van der Waals surface area contributed by atoms with Crippen molar-refractivity contribution >= 4 is 5.91 Å². The number of hydrogen-bond donors (Lipinski definition) is 2. The van der Waals surface area contributed by atoms with Gasteiger partial charge in [0, 0.05) is 31.7 Å². The number of carbonyl (C=O) groups excluding carboxylic acids is 1. The van der Waals surface area contributed by atoms with E-state index in [4.69, 9.17) is 10.5 Å². The van der Waals surface area contributed by atoms with Crippen LogP contribution in [0.15, 0.2) is 0 Å². The zero-order valence-electron chi connectivity index (χ0n) is 9.71. The Morgan fingerprint density at radius 1 is 1.60 bits per heavy atom. The molecule has 1 fully saturated rings. The highest BCUT2D eigenvalue weighted by atomic mass is 16.5. The second-order valence-electron chi connectivity index (χ2n) is 4.92. The molecule has 1 rings (SSSR count). The molecule has 0 aliphatic carbocycles. The first-order chi connectivity index (χ1) is 7.03. The van der Waals surface area contributed by atoms with Crippen LogP contribution in [0.5, 0.6) is 0 Å². The number of amides is 1. The molecule has 4 heteroatoms. The zero-order chi connectivity index (χ0) is 11.3. The quantitative estimate of drug-likeness (QED) is 0.722. The molecular formula is C11H22N2O2. The van der Waals surface area contributed by atoms with E-state index in [0.29, 0.717) is 18.9 Å². The van der Waals surface area contributed by atoms with Gasteiger partial charge in [-0.2, -0.15) is 0 Å². The summed E-state index contributed by atoms with van der Waals surface area (Å²) in [4.78, 5) is 11.7. The first-order valence-electron chi connectivity index (χ1n) is 5.62. The lowest BCUT2D eigenvalue weighted by molar-refractivity contribution is -0.124. The van der Waals surface area contributed by atoms with Gasteiger partial charge >= 0.3 is 0 Å². The van der Waals surface area contributed by atoms with Gasteiger partial charge in [0.25, 0.3) is 0 Å². The second kappa shape index (κ2) is 5.47. The van der Waals surface area contributed by atoms with Crippen LogP contribution in [0.25, 0.3) is 0 Å². The van der Waals surface area contributed by atoms with Crippen molar-refractivity contribution in [2.45, 2.75) is 38.6 Å². The number of carbonyl (C=O) groups is 1. The third kappa shape index (κ3) is 4.62. The topological polar surface area (TPSA) is 64.3 Å². The number of rotatable bonds is 4. The molecule has 0 saturated carbocycles. The molecule has 1 aliphatic heterocycles. The highest BCUT2D eigenvalue weighted by Gasteiger charge is 2.22. The zero-order valence-corrected chi connectivity index (χ0v) is 9.71. The summed E-state index contributed by atoms with van der Waals surface area (Å²) < 4.78 is 5.33. The molecule has 1 unspecified atom stereocenters. The first kappa shape index (κ1) is 12.5. The molecule has 1 amide bonds. The molecule has 1 aliphatic rings. The molecule has 0 spiro atoms. The Morgan fingerprint density at radius 2 is 2.33 bits per heavy atom. The Labute approximate surface area is 91.5 Å². The van der Waals surface area contributed by atoms with E-state index in [9.17, 15) is 4.79 Å². The van der Waals surface area contributed by atoms with Crippen LogP contribution in [0.4, 0.5) is 0 Å². The Balaban J connectivity index is 2.28. The third-order valence-electron chi connectivity index (χ3n) is 2.72. The summed E-state index contributed by atoms with van der Waals surface area (Å²) in [5.41, 5.74) is 5.25. The van der Waals surface area contributed by atoms with E-state index in [0.717, 1.165) is 26.1 Å². The van der Waals surface area contributed by atoms with Gasteiger partial charge in [0.15, 0.2) is 0 Å². The standard InChI is InChI=1S/C11H22N2O2/c1-11(2,8-12)13-10(14)6-9-4-3-5-15-7-9/h9H,3-8,12H2,1-2H3,(H,13,14). The van der Waals surface area contributed by atoms with Gasteiger partial charge in [0.05, 0.1) is 0 Å². The molecule has 3 N–H and O–H groups in total. The number of nitrogens with two attached hydrogens (primary N) is 1. The van der Waals surface area contributed by atoms with Crippen LogP contribution in [-0.2, 0) is 9.53 Å². The highest BCUT2D eigenvalue weighted by molar-refractivity contribution is 5.77. The predicted molar refractivity (Wildman–Crippen MR) is 59.4 cm³/mol. The smallest absolute Gasteiger partial charge is 0.220 e. The van der Waals surface area contributed by atoms with Crippen molar-refractivity contribution in [3.8, 4) is 0 Å². The van der Waals surface area contributed by atoms with Gasteiger partial charge in [-0.3, -0.25) is 4.79 Å². The fourth-order valence-corrected chi connectivity index (χ4v) is 1.71. The molecule has 1 heterocycles. The van der Waals surface area contributed by atoms with Crippen molar-refractivity contribution in [2.24, 2.45) is 11.7 Å². The normalized spacial score (nSPS) is 22.5. The van der Waals surface area contributed by atoms with Gasteiger partial charge < -0.3 is 15.8 Å². The summed E-state index contributed by atoms with van der Waals surface area (Å²) in [5, 5.41) is 2.93. The largest absolute Gasteiger partial charge is 0.381 e. The Bertz CT molecular complexity index is 211. The van der Waals surface area contributed by atoms with E-state index in [-0.39, 0.29) is 11.4 Å². The van der Waals surface area contributed by atoms with Crippen LogP contribution >= 0.6 is 0 Å². The summed E-state index contributed by atoms with van der Waals surface area (Å²) in [7, 11) is 0. The van der Waals surface area contributed by atoms with Crippen molar-refractivity contribution in [1.82, 2.24) is 5.32 Å². The van der Waals surface area contributed by atoms with Crippen molar-refractivity contribution in [3.63, 3.8) is 0 Å².